The number of rotatable bonds is 6. The SMILES string of the molecule is CCNC(=O)CN(C)C(=O)C(CN)OC. The van der Waals surface area contributed by atoms with E-state index in [4.69, 9.17) is 10.5 Å². The highest BCUT2D eigenvalue weighted by molar-refractivity contribution is 5.86. The van der Waals surface area contributed by atoms with E-state index in [1.807, 2.05) is 6.92 Å². The average Bonchev–Trinajstić information content (AvgIpc) is 2.19. The first-order chi connectivity index (χ1) is 7.06. The van der Waals surface area contributed by atoms with Crippen LogP contribution in [0, 0.1) is 0 Å². The molecule has 15 heavy (non-hydrogen) atoms. The lowest BCUT2D eigenvalue weighted by Crippen LogP contribution is -2.45. The maximum atomic E-state index is 11.6. The Morgan fingerprint density at radius 2 is 2.13 bits per heavy atom. The smallest absolute Gasteiger partial charge is 0.253 e. The van der Waals surface area contributed by atoms with Crippen LogP contribution in [-0.4, -0.2) is 56.6 Å². The Labute approximate surface area is 89.7 Å². The van der Waals surface area contributed by atoms with Gasteiger partial charge in [0.1, 0.15) is 6.10 Å². The van der Waals surface area contributed by atoms with Crippen LogP contribution in [0.4, 0.5) is 0 Å². The predicted molar refractivity (Wildman–Crippen MR) is 56.2 cm³/mol. The van der Waals surface area contributed by atoms with Crippen LogP contribution in [0.15, 0.2) is 0 Å². The summed E-state index contributed by atoms with van der Waals surface area (Å²) in [6.07, 6.45) is -0.676. The van der Waals surface area contributed by atoms with Gasteiger partial charge in [-0.25, -0.2) is 0 Å². The summed E-state index contributed by atoms with van der Waals surface area (Å²) in [7, 11) is 2.95. The zero-order valence-electron chi connectivity index (χ0n) is 9.45. The zero-order valence-corrected chi connectivity index (χ0v) is 9.45. The Morgan fingerprint density at radius 1 is 1.53 bits per heavy atom. The number of methoxy groups -OCH3 is 1. The summed E-state index contributed by atoms with van der Waals surface area (Å²) >= 11 is 0. The molecule has 6 heteroatoms. The second-order valence-corrected chi connectivity index (χ2v) is 3.11. The Kier molecular flexibility index (Phi) is 6.64. The summed E-state index contributed by atoms with van der Waals surface area (Å²) in [5.74, 6) is -0.480. The van der Waals surface area contributed by atoms with Crippen molar-refractivity contribution in [1.82, 2.24) is 10.2 Å². The third kappa shape index (κ3) is 4.75. The first-order valence-corrected chi connectivity index (χ1v) is 4.81. The Bertz CT molecular complexity index is 217. The molecule has 0 spiro atoms. The molecule has 0 saturated carbocycles. The van der Waals surface area contributed by atoms with Crippen molar-refractivity contribution in [2.75, 3.05) is 33.8 Å². The number of hydrogen-bond acceptors (Lipinski definition) is 4. The molecular formula is C9H19N3O3. The van der Waals surface area contributed by atoms with Crippen molar-refractivity contribution >= 4 is 11.8 Å². The van der Waals surface area contributed by atoms with Crippen LogP contribution in [0.1, 0.15) is 6.92 Å². The van der Waals surface area contributed by atoms with E-state index in [0.717, 1.165) is 0 Å². The van der Waals surface area contributed by atoms with E-state index < -0.39 is 6.10 Å². The molecule has 0 aromatic rings. The lowest BCUT2D eigenvalue weighted by molar-refractivity contribution is -0.142. The van der Waals surface area contributed by atoms with E-state index >= 15 is 0 Å². The maximum Gasteiger partial charge on any atom is 0.253 e. The molecular weight excluding hydrogens is 198 g/mol. The fraction of sp³-hybridized carbons (Fsp3) is 0.778. The molecule has 0 heterocycles. The second kappa shape index (κ2) is 7.19. The number of likely N-dealkylation sites (N-methyl/N-ethyl adjacent to an activating group) is 2. The molecule has 0 aliphatic heterocycles. The molecule has 1 atom stereocenters. The number of amides is 2. The van der Waals surface area contributed by atoms with Crippen LogP contribution in [-0.2, 0) is 14.3 Å². The lowest BCUT2D eigenvalue weighted by Gasteiger charge is -2.21. The number of ether oxygens (including phenoxy) is 1. The van der Waals surface area contributed by atoms with Crippen molar-refractivity contribution in [3.8, 4) is 0 Å². The highest BCUT2D eigenvalue weighted by Gasteiger charge is 2.21. The van der Waals surface area contributed by atoms with Gasteiger partial charge in [-0.05, 0) is 6.92 Å². The lowest BCUT2D eigenvalue weighted by atomic mass is 10.3. The van der Waals surface area contributed by atoms with E-state index in [1.54, 1.807) is 7.05 Å². The van der Waals surface area contributed by atoms with Crippen molar-refractivity contribution < 1.29 is 14.3 Å². The largest absolute Gasteiger partial charge is 0.370 e. The van der Waals surface area contributed by atoms with Gasteiger partial charge in [-0.3, -0.25) is 9.59 Å². The fourth-order valence-electron chi connectivity index (χ4n) is 1.09. The molecule has 1 unspecified atom stereocenters. The third-order valence-corrected chi connectivity index (χ3v) is 1.90. The molecule has 0 aromatic carbocycles. The van der Waals surface area contributed by atoms with Crippen LogP contribution >= 0.6 is 0 Å². The molecule has 88 valence electrons. The number of hydrogen-bond donors (Lipinski definition) is 2. The van der Waals surface area contributed by atoms with Crippen molar-refractivity contribution in [3.05, 3.63) is 0 Å². The molecule has 0 radical (unpaired) electrons. The summed E-state index contributed by atoms with van der Waals surface area (Å²) < 4.78 is 4.88. The molecule has 0 bridgehead atoms. The predicted octanol–water partition coefficient (Wildman–Crippen LogP) is -1.45. The third-order valence-electron chi connectivity index (χ3n) is 1.90. The molecule has 0 aliphatic carbocycles. The zero-order chi connectivity index (χ0) is 11.8. The number of nitrogens with one attached hydrogen (secondary N) is 1. The number of nitrogens with two attached hydrogens (primary N) is 1. The minimum absolute atomic E-state index is 0.0204. The van der Waals surface area contributed by atoms with Gasteiger partial charge in [0.15, 0.2) is 0 Å². The molecule has 6 nitrogen and oxygen atoms in total. The summed E-state index contributed by atoms with van der Waals surface area (Å²) in [4.78, 5) is 24.1. The molecule has 0 fully saturated rings. The average molecular weight is 217 g/mol. The van der Waals surface area contributed by atoms with Crippen molar-refractivity contribution in [2.24, 2.45) is 5.73 Å². The van der Waals surface area contributed by atoms with Crippen molar-refractivity contribution in [2.45, 2.75) is 13.0 Å². The number of carbonyl (C=O) groups excluding carboxylic acids is 2. The highest BCUT2D eigenvalue weighted by atomic mass is 16.5. The minimum atomic E-state index is -0.676. The monoisotopic (exact) mass is 217 g/mol. The fourth-order valence-corrected chi connectivity index (χ4v) is 1.09. The van der Waals surface area contributed by atoms with E-state index in [-0.39, 0.29) is 24.9 Å². The molecule has 0 aliphatic rings. The Balaban J connectivity index is 4.13. The van der Waals surface area contributed by atoms with Gasteiger partial charge in [0, 0.05) is 27.2 Å². The quantitative estimate of drug-likeness (QED) is 0.570. The molecule has 0 aromatic heterocycles. The Morgan fingerprint density at radius 3 is 2.53 bits per heavy atom. The van der Waals surface area contributed by atoms with Crippen LogP contribution < -0.4 is 11.1 Å². The second-order valence-electron chi connectivity index (χ2n) is 3.11. The van der Waals surface area contributed by atoms with Crippen LogP contribution in [0.3, 0.4) is 0 Å². The minimum Gasteiger partial charge on any atom is -0.370 e. The summed E-state index contributed by atoms with van der Waals surface area (Å²) in [6, 6.07) is 0. The van der Waals surface area contributed by atoms with Crippen LogP contribution in [0.25, 0.3) is 0 Å². The van der Waals surface area contributed by atoms with Crippen LogP contribution in [0.2, 0.25) is 0 Å². The van der Waals surface area contributed by atoms with Crippen LogP contribution in [0.5, 0.6) is 0 Å². The summed E-state index contributed by atoms with van der Waals surface area (Å²) in [5, 5.41) is 2.60. The van der Waals surface area contributed by atoms with Crippen molar-refractivity contribution in [1.29, 1.82) is 0 Å². The van der Waals surface area contributed by atoms with Gasteiger partial charge in [0.2, 0.25) is 5.91 Å². The summed E-state index contributed by atoms with van der Waals surface area (Å²) in [6.45, 7) is 2.49. The summed E-state index contributed by atoms with van der Waals surface area (Å²) in [5.41, 5.74) is 5.34. The van der Waals surface area contributed by atoms with Gasteiger partial charge in [-0.15, -0.1) is 0 Å². The maximum absolute atomic E-state index is 11.6. The van der Waals surface area contributed by atoms with Gasteiger partial charge in [0.25, 0.3) is 5.91 Å². The van der Waals surface area contributed by atoms with Crippen molar-refractivity contribution in [3.63, 3.8) is 0 Å². The van der Waals surface area contributed by atoms with Gasteiger partial charge < -0.3 is 20.7 Å². The Hall–Kier alpha value is -1.14. The topological polar surface area (TPSA) is 84.7 Å². The van der Waals surface area contributed by atoms with E-state index in [0.29, 0.717) is 6.54 Å². The first kappa shape index (κ1) is 13.9. The van der Waals surface area contributed by atoms with Gasteiger partial charge in [-0.2, -0.15) is 0 Å². The highest BCUT2D eigenvalue weighted by Crippen LogP contribution is 1.94. The number of nitrogens with zero attached hydrogens (tertiary/aromatic N) is 1. The van der Waals surface area contributed by atoms with Gasteiger partial charge in [0.05, 0.1) is 6.54 Å². The standard InChI is InChI=1S/C9H19N3O3/c1-4-11-8(13)6-12(2)9(14)7(5-10)15-3/h7H,4-6,10H2,1-3H3,(H,11,13). The molecule has 3 N–H and O–H groups in total. The van der Waals surface area contributed by atoms with E-state index in [2.05, 4.69) is 5.32 Å². The number of carbonyl (C=O) groups is 2. The first-order valence-electron chi connectivity index (χ1n) is 4.81. The van der Waals surface area contributed by atoms with Gasteiger partial charge >= 0.3 is 0 Å². The normalized spacial score (nSPS) is 12.0. The molecule has 0 rings (SSSR count). The van der Waals surface area contributed by atoms with Gasteiger partial charge in [-0.1, -0.05) is 0 Å². The molecule has 0 saturated heterocycles. The van der Waals surface area contributed by atoms with E-state index in [9.17, 15) is 9.59 Å². The van der Waals surface area contributed by atoms with E-state index in [1.165, 1.54) is 12.0 Å². The molecule has 2 amide bonds.